The third kappa shape index (κ3) is 2.93. The van der Waals surface area contributed by atoms with Crippen molar-refractivity contribution in [1.82, 2.24) is 0 Å². The van der Waals surface area contributed by atoms with Crippen molar-refractivity contribution >= 4 is 23.2 Å². The van der Waals surface area contributed by atoms with E-state index in [-0.39, 0.29) is 11.6 Å². The van der Waals surface area contributed by atoms with E-state index in [4.69, 9.17) is 11.6 Å². The molecule has 98 valence electrons. The molecule has 1 amide bonds. The van der Waals surface area contributed by atoms with Gasteiger partial charge in [-0.25, -0.2) is 4.39 Å². The van der Waals surface area contributed by atoms with E-state index in [2.05, 4.69) is 5.32 Å². The van der Waals surface area contributed by atoms with Crippen LogP contribution in [-0.4, -0.2) is 5.91 Å². The van der Waals surface area contributed by atoms with Crippen LogP contribution in [0.2, 0.25) is 5.02 Å². The van der Waals surface area contributed by atoms with Gasteiger partial charge in [0.1, 0.15) is 5.82 Å². The lowest BCUT2D eigenvalue weighted by atomic mass is 10.0. The van der Waals surface area contributed by atoms with Gasteiger partial charge in [0.2, 0.25) is 0 Å². The van der Waals surface area contributed by atoms with Crippen LogP contribution < -0.4 is 5.32 Å². The summed E-state index contributed by atoms with van der Waals surface area (Å²) in [7, 11) is 0. The van der Waals surface area contributed by atoms with Crippen LogP contribution in [0, 0.1) is 19.7 Å². The van der Waals surface area contributed by atoms with Gasteiger partial charge in [-0.15, -0.1) is 0 Å². The number of carbonyl (C=O) groups is 1. The summed E-state index contributed by atoms with van der Waals surface area (Å²) in [6.45, 7) is 3.78. The Labute approximate surface area is 116 Å². The van der Waals surface area contributed by atoms with Gasteiger partial charge in [0.25, 0.3) is 5.91 Å². The summed E-state index contributed by atoms with van der Waals surface area (Å²) in [5, 5.41) is 2.91. The monoisotopic (exact) mass is 277 g/mol. The summed E-state index contributed by atoms with van der Waals surface area (Å²) in [4.78, 5) is 12.1. The average Bonchev–Trinajstić information content (AvgIpc) is 2.37. The third-order valence-electron chi connectivity index (χ3n) is 3.03. The van der Waals surface area contributed by atoms with Gasteiger partial charge in [-0.3, -0.25) is 4.79 Å². The highest BCUT2D eigenvalue weighted by Crippen LogP contribution is 2.21. The molecule has 0 aliphatic carbocycles. The van der Waals surface area contributed by atoms with Crippen molar-refractivity contribution in [1.29, 1.82) is 0 Å². The number of amides is 1. The highest BCUT2D eigenvalue weighted by Gasteiger charge is 2.12. The molecule has 2 aromatic carbocycles. The third-order valence-corrected chi connectivity index (χ3v) is 3.26. The molecule has 0 fully saturated rings. The minimum atomic E-state index is -0.511. The van der Waals surface area contributed by atoms with E-state index < -0.39 is 5.82 Å². The van der Waals surface area contributed by atoms with Gasteiger partial charge < -0.3 is 5.32 Å². The summed E-state index contributed by atoms with van der Waals surface area (Å²) in [5.41, 5.74) is 2.50. The minimum absolute atomic E-state index is 0.0819. The van der Waals surface area contributed by atoms with Crippen LogP contribution in [0.5, 0.6) is 0 Å². The lowest BCUT2D eigenvalue weighted by Crippen LogP contribution is -2.14. The second-order valence-electron chi connectivity index (χ2n) is 4.33. The van der Waals surface area contributed by atoms with Crippen molar-refractivity contribution in [3.05, 3.63) is 63.9 Å². The number of nitrogens with one attached hydrogen (secondary N) is 1. The van der Waals surface area contributed by atoms with Crippen molar-refractivity contribution in [2.75, 3.05) is 5.32 Å². The van der Waals surface area contributed by atoms with Crippen molar-refractivity contribution in [3.8, 4) is 0 Å². The lowest BCUT2D eigenvalue weighted by molar-refractivity contribution is 0.102. The van der Waals surface area contributed by atoms with E-state index in [0.717, 1.165) is 11.1 Å². The molecule has 2 rings (SSSR count). The Hall–Kier alpha value is -1.87. The molecule has 0 saturated heterocycles. The fourth-order valence-corrected chi connectivity index (χ4v) is 1.95. The number of benzene rings is 2. The normalized spacial score (nSPS) is 10.3. The van der Waals surface area contributed by atoms with Crippen LogP contribution in [-0.2, 0) is 0 Å². The molecule has 0 unspecified atom stereocenters. The minimum Gasteiger partial charge on any atom is -0.319 e. The molecule has 0 aliphatic rings. The van der Waals surface area contributed by atoms with Gasteiger partial charge in [-0.1, -0.05) is 23.7 Å². The van der Waals surface area contributed by atoms with Crippen LogP contribution in [0.3, 0.4) is 0 Å². The Morgan fingerprint density at radius 3 is 2.68 bits per heavy atom. The number of hydrogen-bond donors (Lipinski definition) is 1. The Bertz CT molecular complexity index is 640. The van der Waals surface area contributed by atoms with Crippen LogP contribution in [0.15, 0.2) is 36.4 Å². The molecule has 2 nitrogen and oxygen atoms in total. The first-order chi connectivity index (χ1) is 8.99. The van der Waals surface area contributed by atoms with Crippen LogP contribution in [0.1, 0.15) is 21.5 Å². The Morgan fingerprint density at radius 2 is 1.95 bits per heavy atom. The number of carbonyl (C=O) groups excluding carboxylic acids is 1. The van der Waals surface area contributed by atoms with Gasteiger partial charge in [-0.05, 0) is 49.2 Å². The number of halogens is 2. The molecule has 0 spiro atoms. The highest BCUT2D eigenvalue weighted by atomic mass is 35.5. The van der Waals surface area contributed by atoms with Crippen LogP contribution in [0.4, 0.5) is 10.1 Å². The van der Waals surface area contributed by atoms with Crippen molar-refractivity contribution in [2.45, 2.75) is 13.8 Å². The zero-order valence-corrected chi connectivity index (χ0v) is 11.4. The Morgan fingerprint density at radius 1 is 1.21 bits per heavy atom. The van der Waals surface area contributed by atoms with Crippen molar-refractivity contribution in [2.24, 2.45) is 0 Å². The Balaban J connectivity index is 2.31. The highest BCUT2D eigenvalue weighted by molar-refractivity contribution is 6.31. The van der Waals surface area contributed by atoms with Gasteiger partial charge in [0, 0.05) is 10.6 Å². The maximum Gasteiger partial charge on any atom is 0.256 e. The molecule has 19 heavy (non-hydrogen) atoms. The van der Waals surface area contributed by atoms with Crippen LogP contribution in [0.25, 0.3) is 0 Å². The fraction of sp³-hybridized carbons (Fsp3) is 0.133. The zero-order chi connectivity index (χ0) is 14.0. The van der Waals surface area contributed by atoms with E-state index in [1.807, 2.05) is 19.9 Å². The molecule has 0 aliphatic heterocycles. The summed E-state index contributed by atoms with van der Waals surface area (Å²) >= 11 is 5.78. The first-order valence-electron chi connectivity index (χ1n) is 5.81. The number of anilines is 1. The van der Waals surface area contributed by atoms with Crippen molar-refractivity contribution in [3.63, 3.8) is 0 Å². The molecule has 0 aromatic heterocycles. The molecule has 0 radical (unpaired) electrons. The SMILES string of the molecule is Cc1cccc(C(=O)Nc2cc(Cl)ccc2F)c1C. The molecule has 0 atom stereocenters. The maximum absolute atomic E-state index is 13.6. The quantitative estimate of drug-likeness (QED) is 0.869. The lowest BCUT2D eigenvalue weighted by Gasteiger charge is -2.10. The molecule has 0 heterocycles. The number of aryl methyl sites for hydroxylation is 1. The van der Waals surface area contributed by atoms with E-state index in [0.29, 0.717) is 10.6 Å². The number of rotatable bonds is 2. The zero-order valence-electron chi connectivity index (χ0n) is 10.6. The summed E-state index contributed by atoms with van der Waals surface area (Å²) < 4.78 is 13.6. The predicted molar refractivity (Wildman–Crippen MR) is 75.3 cm³/mol. The predicted octanol–water partition coefficient (Wildman–Crippen LogP) is 4.35. The maximum atomic E-state index is 13.6. The topological polar surface area (TPSA) is 29.1 Å². The van der Waals surface area contributed by atoms with Gasteiger partial charge in [-0.2, -0.15) is 0 Å². The largest absolute Gasteiger partial charge is 0.319 e. The fourth-order valence-electron chi connectivity index (χ4n) is 1.78. The van der Waals surface area contributed by atoms with Gasteiger partial charge in [0.05, 0.1) is 5.69 Å². The van der Waals surface area contributed by atoms with E-state index in [1.165, 1.54) is 18.2 Å². The first-order valence-corrected chi connectivity index (χ1v) is 6.19. The van der Waals surface area contributed by atoms with Crippen molar-refractivity contribution < 1.29 is 9.18 Å². The number of hydrogen-bond acceptors (Lipinski definition) is 1. The summed E-state index contributed by atoms with van der Waals surface area (Å²) in [5.74, 6) is -0.856. The molecule has 0 bridgehead atoms. The van der Waals surface area contributed by atoms with E-state index in [1.54, 1.807) is 12.1 Å². The van der Waals surface area contributed by atoms with Crippen LogP contribution >= 0.6 is 11.6 Å². The average molecular weight is 278 g/mol. The second-order valence-corrected chi connectivity index (χ2v) is 4.76. The van der Waals surface area contributed by atoms with E-state index >= 15 is 0 Å². The summed E-state index contributed by atoms with van der Waals surface area (Å²) in [6, 6.07) is 9.48. The van der Waals surface area contributed by atoms with Gasteiger partial charge in [0.15, 0.2) is 0 Å². The summed E-state index contributed by atoms with van der Waals surface area (Å²) in [6.07, 6.45) is 0. The Kier molecular flexibility index (Phi) is 3.86. The molecular formula is C15H13ClFNO. The smallest absolute Gasteiger partial charge is 0.256 e. The molecule has 1 N–H and O–H groups in total. The molecule has 2 aromatic rings. The molecule has 4 heteroatoms. The first kappa shape index (κ1) is 13.6. The molecular weight excluding hydrogens is 265 g/mol. The standard InChI is InChI=1S/C15H13ClFNO/c1-9-4-3-5-12(10(9)2)15(19)18-14-8-11(16)6-7-13(14)17/h3-8H,1-2H3,(H,18,19). The molecule has 0 saturated carbocycles. The second kappa shape index (κ2) is 5.41. The van der Waals surface area contributed by atoms with Gasteiger partial charge >= 0.3 is 0 Å². The van der Waals surface area contributed by atoms with E-state index in [9.17, 15) is 9.18 Å².